The minimum Gasteiger partial charge on any atom is -0.356 e. The Hall–Kier alpha value is -2.77. The Labute approximate surface area is 225 Å². The highest BCUT2D eigenvalue weighted by Gasteiger charge is 2.14. The van der Waals surface area contributed by atoms with Crippen LogP contribution in [0, 0.1) is 0 Å². The molecule has 0 unspecified atom stereocenters. The molecule has 13 nitrogen and oxygen atoms in total. The van der Waals surface area contributed by atoms with Gasteiger partial charge in [0.25, 0.3) is 0 Å². The summed E-state index contributed by atoms with van der Waals surface area (Å²) in [7, 11) is 0. The molecule has 1 aliphatic rings. The molecule has 218 valence electrons. The summed E-state index contributed by atoms with van der Waals surface area (Å²) in [5.41, 5.74) is 3.10. The molecule has 0 bridgehead atoms. The van der Waals surface area contributed by atoms with Gasteiger partial charge < -0.3 is 10.6 Å². The normalized spacial score (nSPS) is 21.1. The van der Waals surface area contributed by atoms with Gasteiger partial charge in [0.15, 0.2) is 0 Å². The number of carbonyl (C=O) groups is 5. The summed E-state index contributed by atoms with van der Waals surface area (Å²) in [6, 6.07) is 0. The second-order valence-electron chi connectivity index (χ2n) is 9.49. The van der Waals surface area contributed by atoms with Gasteiger partial charge in [-0.2, -0.15) is 0 Å². The zero-order chi connectivity index (χ0) is 28.2. The number of carbonyl (C=O) groups excluding carboxylic acids is 5. The molecule has 5 N–H and O–H groups in total. The van der Waals surface area contributed by atoms with Crippen molar-refractivity contribution in [3.63, 3.8) is 0 Å². The Morgan fingerprint density at radius 3 is 1.47 bits per heavy atom. The van der Waals surface area contributed by atoms with Crippen LogP contribution in [-0.2, 0) is 24.0 Å². The van der Waals surface area contributed by atoms with E-state index in [0.717, 1.165) is 32.1 Å². The topological polar surface area (TPSA) is 172 Å². The van der Waals surface area contributed by atoms with Crippen LogP contribution in [-0.4, -0.2) is 94.4 Å². The number of hydroxylamine groups is 4. The third-order valence-corrected chi connectivity index (χ3v) is 6.19. The van der Waals surface area contributed by atoms with E-state index in [1.54, 1.807) is 5.01 Å². The first kappa shape index (κ1) is 33.3. The Morgan fingerprint density at radius 1 is 0.605 bits per heavy atom. The molecule has 1 fully saturated rings. The molecule has 0 radical (unpaired) electrons. The Bertz CT molecular complexity index is 752. The fraction of sp³-hybridized carbons (Fsp3) is 0.800. The molecular formula is C25H46N6O7. The summed E-state index contributed by atoms with van der Waals surface area (Å²) in [5.74, 6) is -1.64. The molecule has 1 heterocycles. The number of rotatable bonds is 0. The average molecular weight is 543 g/mol. The van der Waals surface area contributed by atoms with E-state index in [0.29, 0.717) is 62.0 Å². The van der Waals surface area contributed by atoms with Crippen LogP contribution in [0.2, 0.25) is 0 Å². The predicted molar refractivity (Wildman–Crippen MR) is 138 cm³/mol. The SMILES string of the molecule is CC(=O)N1CCCCCNC(=O)CCC(=O)N(O)CCCCCNC(=O)CCC(=O)N(O)CCCCCN1. The Morgan fingerprint density at radius 2 is 1.03 bits per heavy atom. The first-order valence-corrected chi connectivity index (χ1v) is 13.7. The van der Waals surface area contributed by atoms with Gasteiger partial charge in [-0.3, -0.25) is 39.4 Å². The second kappa shape index (κ2) is 20.2. The maximum atomic E-state index is 12.0. The summed E-state index contributed by atoms with van der Waals surface area (Å²) in [6.07, 6.45) is 6.11. The van der Waals surface area contributed by atoms with Gasteiger partial charge in [-0.15, -0.1) is 0 Å². The molecule has 0 aromatic rings. The van der Waals surface area contributed by atoms with Gasteiger partial charge in [0.1, 0.15) is 0 Å². The van der Waals surface area contributed by atoms with Gasteiger partial charge in [0, 0.05) is 71.9 Å². The Balaban J connectivity index is 2.51. The van der Waals surface area contributed by atoms with Crippen molar-refractivity contribution in [1.29, 1.82) is 0 Å². The first-order chi connectivity index (χ1) is 18.2. The summed E-state index contributed by atoms with van der Waals surface area (Å²) >= 11 is 0. The quantitative estimate of drug-likeness (QED) is 0.283. The van der Waals surface area contributed by atoms with Crippen LogP contribution < -0.4 is 16.1 Å². The van der Waals surface area contributed by atoms with E-state index in [9.17, 15) is 34.4 Å². The van der Waals surface area contributed by atoms with Gasteiger partial charge in [-0.1, -0.05) is 6.42 Å². The Kier molecular flexibility index (Phi) is 17.7. The van der Waals surface area contributed by atoms with Gasteiger partial charge in [0.2, 0.25) is 29.5 Å². The highest BCUT2D eigenvalue weighted by molar-refractivity contribution is 5.83. The first-order valence-electron chi connectivity index (χ1n) is 13.7. The van der Waals surface area contributed by atoms with Crippen LogP contribution in [0.3, 0.4) is 0 Å². The number of nitrogens with one attached hydrogen (secondary N) is 3. The van der Waals surface area contributed by atoms with E-state index in [-0.39, 0.29) is 56.5 Å². The molecule has 1 saturated heterocycles. The van der Waals surface area contributed by atoms with Gasteiger partial charge in [-0.05, 0) is 51.4 Å². The summed E-state index contributed by atoms with van der Waals surface area (Å²) in [6.45, 7) is 3.81. The smallest absolute Gasteiger partial charge is 0.246 e. The molecule has 0 aromatic carbocycles. The largest absolute Gasteiger partial charge is 0.356 e. The number of hydrogen-bond donors (Lipinski definition) is 5. The van der Waals surface area contributed by atoms with Gasteiger partial charge >= 0.3 is 0 Å². The molecule has 5 amide bonds. The summed E-state index contributed by atoms with van der Waals surface area (Å²) in [5, 5.41) is 28.1. The zero-order valence-electron chi connectivity index (χ0n) is 22.7. The molecule has 0 saturated carbocycles. The number of hydrazine groups is 1. The van der Waals surface area contributed by atoms with Crippen molar-refractivity contribution < 1.29 is 34.4 Å². The van der Waals surface area contributed by atoms with E-state index in [1.165, 1.54) is 6.92 Å². The predicted octanol–water partition coefficient (Wildman–Crippen LogP) is 1.09. The molecule has 0 aromatic heterocycles. The van der Waals surface area contributed by atoms with Crippen molar-refractivity contribution in [2.24, 2.45) is 0 Å². The number of amides is 5. The molecule has 0 atom stereocenters. The molecule has 0 aliphatic carbocycles. The van der Waals surface area contributed by atoms with Crippen molar-refractivity contribution in [3.05, 3.63) is 0 Å². The van der Waals surface area contributed by atoms with Crippen molar-refractivity contribution >= 4 is 29.5 Å². The third-order valence-electron chi connectivity index (χ3n) is 6.19. The van der Waals surface area contributed by atoms with Crippen molar-refractivity contribution in [2.75, 3.05) is 39.3 Å². The number of hydrogen-bond acceptors (Lipinski definition) is 8. The van der Waals surface area contributed by atoms with Crippen molar-refractivity contribution in [3.8, 4) is 0 Å². The van der Waals surface area contributed by atoms with Crippen molar-refractivity contribution in [1.82, 2.24) is 31.2 Å². The maximum Gasteiger partial charge on any atom is 0.246 e. The highest BCUT2D eigenvalue weighted by atomic mass is 16.5. The highest BCUT2D eigenvalue weighted by Crippen LogP contribution is 2.04. The zero-order valence-corrected chi connectivity index (χ0v) is 22.7. The standard InChI is InChI=1S/C25H46N6O7/c1-21(32)29-18-8-2-5-15-26-22(33)11-13-24(35)30(37)19-9-3-6-16-27-23(34)12-14-25(36)31(38)20-10-4-7-17-28-29/h28,37-38H,2-20H2,1H3,(H,26,33)(H,27,34). The van der Waals surface area contributed by atoms with E-state index in [1.807, 2.05) is 0 Å². The monoisotopic (exact) mass is 542 g/mol. The minimum absolute atomic E-state index is 0.000499. The third kappa shape index (κ3) is 16.2. The molecule has 38 heavy (non-hydrogen) atoms. The lowest BCUT2D eigenvalue weighted by Gasteiger charge is -2.22. The average Bonchev–Trinajstić information content (AvgIpc) is 2.89. The summed E-state index contributed by atoms with van der Waals surface area (Å²) < 4.78 is 0. The van der Waals surface area contributed by atoms with Crippen molar-refractivity contribution in [2.45, 2.75) is 90.4 Å². The lowest BCUT2D eigenvalue weighted by molar-refractivity contribution is -0.166. The lowest BCUT2D eigenvalue weighted by Crippen LogP contribution is -2.42. The molecule has 0 spiro atoms. The van der Waals surface area contributed by atoms with E-state index >= 15 is 0 Å². The number of nitrogens with zero attached hydrogens (tertiary/aromatic N) is 3. The molecule has 13 heteroatoms. The van der Waals surface area contributed by atoms with Gasteiger partial charge in [-0.25, -0.2) is 15.6 Å². The lowest BCUT2D eigenvalue weighted by atomic mass is 10.2. The minimum atomic E-state index is -0.517. The fourth-order valence-corrected chi connectivity index (χ4v) is 3.84. The molecule has 1 rings (SSSR count). The van der Waals surface area contributed by atoms with E-state index in [4.69, 9.17) is 0 Å². The summed E-state index contributed by atoms with van der Waals surface area (Å²) in [4.78, 5) is 59.8. The maximum absolute atomic E-state index is 12.0. The van der Waals surface area contributed by atoms with E-state index < -0.39 is 11.8 Å². The second-order valence-corrected chi connectivity index (χ2v) is 9.49. The van der Waals surface area contributed by atoms with Crippen LogP contribution in [0.25, 0.3) is 0 Å². The van der Waals surface area contributed by atoms with Crippen LogP contribution >= 0.6 is 0 Å². The van der Waals surface area contributed by atoms with Crippen LogP contribution in [0.5, 0.6) is 0 Å². The fourth-order valence-electron chi connectivity index (χ4n) is 3.84. The molecule has 1 aliphatic heterocycles. The van der Waals surface area contributed by atoms with Gasteiger partial charge in [0.05, 0.1) is 0 Å². The van der Waals surface area contributed by atoms with Crippen LogP contribution in [0.1, 0.15) is 90.4 Å². The molecular weight excluding hydrogens is 496 g/mol. The van der Waals surface area contributed by atoms with Crippen LogP contribution in [0.15, 0.2) is 0 Å². The van der Waals surface area contributed by atoms with E-state index in [2.05, 4.69) is 16.1 Å². The van der Waals surface area contributed by atoms with Crippen LogP contribution in [0.4, 0.5) is 0 Å².